The number of ether oxygens (including phenoxy) is 1. The number of para-hydroxylation sites is 1. The molecule has 0 aromatic heterocycles. The molecule has 0 aliphatic rings. The van der Waals surface area contributed by atoms with Gasteiger partial charge in [0.1, 0.15) is 21.3 Å². The smallest absolute Gasteiger partial charge is 0.191 e. The molecule has 0 fully saturated rings. The second kappa shape index (κ2) is 10.7. The van der Waals surface area contributed by atoms with Crippen molar-refractivity contribution in [3.8, 4) is 11.5 Å². The molecule has 0 radical (unpaired) electrons. The number of nitrogens with zero attached hydrogens (tertiary/aromatic N) is 1. The number of benzene rings is 2. The van der Waals surface area contributed by atoms with Crippen molar-refractivity contribution in [2.45, 2.75) is 26.8 Å². The summed E-state index contributed by atoms with van der Waals surface area (Å²) < 4.78 is 28.5. The van der Waals surface area contributed by atoms with Gasteiger partial charge in [-0.2, -0.15) is 0 Å². The SMILES string of the molecule is CCNC(=NCc1ccc(C)cc1Oc1ccccc1)NCCCS(C)(=O)=O. The van der Waals surface area contributed by atoms with Crippen LogP contribution in [0.5, 0.6) is 11.5 Å². The lowest BCUT2D eigenvalue weighted by Gasteiger charge is -2.13. The van der Waals surface area contributed by atoms with Crippen LogP contribution in [0.15, 0.2) is 53.5 Å². The minimum absolute atomic E-state index is 0.159. The highest BCUT2D eigenvalue weighted by Gasteiger charge is 2.07. The van der Waals surface area contributed by atoms with Crippen LogP contribution in [0.1, 0.15) is 24.5 Å². The zero-order chi connectivity index (χ0) is 20.4. The molecule has 28 heavy (non-hydrogen) atoms. The van der Waals surface area contributed by atoms with Gasteiger partial charge in [0, 0.05) is 24.9 Å². The molecular formula is C21H29N3O3S. The minimum atomic E-state index is -2.95. The first-order valence-corrected chi connectivity index (χ1v) is 11.5. The third-order valence-electron chi connectivity index (χ3n) is 3.93. The van der Waals surface area contributed by atoms with Crippen molar-refractivity contribution < 1.29 is 13.2 Å². The van der Waals surface area contributed by atoms with E-state index in [2.05, 4.69) is 15.6 Å². The Labute approximate surface area is 168 Å². The summed E-state index contributed by atoms with van der Waals surface area (Å²) in [7, 11) is -2.95. The highest BCUT2D eigenvalue weighted by Crippen LogP contribution is 2.27. The van der Waals surface area contributed by atoms with Gasteiger partial charge >= 0.3 is 0 Å². The van der Waals surface area contributed by atoms with Crippen molar-refractivity contribution in [2.75, 3.05) is 25.1 Å². The highest BCUT2D eigenvalue weighted by atomic mass is 32.2. The molecule has 152 valence electrons. The number of sulfone groups is 1. The lowest BCUT2D eigenvalue weighted by atomic mass is 10.1. The number of rotatable bonds is 9. The van der Waals surface area contributed by atoms with Crippen molar-refractivity contribution in [2.24, 2.45) is 4.99 Å². The molecule has 0 heterocycles. The zero-order valence-electron chi connectivity index (χ0n) is 16.7. The summed E-state index contributed by atoms with van der Waals surface area (Å²) in [5.74, 6) is 2.38. The summed E-state index contributed by atoms with van der Waals surface area (Å²) in [5.41, 5.74) is 2.09. The Bertz CT molecular complexity index is 881. The number of hydrogen-bond donors (Lipinski definition) is 2. The van der Waals surface area contributed by atoms with Crippen LogP contribution in [0.2, 0.25) is 0 Å². The van der Waals surface area contributed by atoms with Crippen LogP contribution in [-0.2, 0) is 16.4 Å². The normalized spacial score (nSPS) is 11.9. The average molecular weight is 404 g/mol. The van der Waals surface area contributed by atoms with E-state index in [0.29, 0.717) is 25.5 Å². The molecule has 2 aromatic rings. The predicted molar refractivity (Wildman–Crippen MR) is 115 cm³/mol. The van der Waals surface area contributed by atoms with Gasteiger partial charge in [0.2, 0.25) is 0 Å². The van der Waals surface area contributed by atoms with Crippen LogP contribution in [-0.4, -0.2) is 39.5 Å². The van der Waals surface area contributed by atoms with E-state index in [1.165, 1.54) is 6.26 Å². The van der Waals surface area contributed by atoms with Crippen LogP contribution < -0.4 is 15.4 Å². The number of aliphatic imine (C=N–C) groups is 1. The maximum Gasteiger partial charge on any atom is 0.191 e. The maximum atomic E-state index is 11.2. The summed E-state index contributed by atoms with van der Waals surface area (Å²) in [5, 5.41) is 6.36. The van der Waals surface area contributed by atoms with E-state index in [4.69, 9.17) is 4.74 Å². The molecule has 0 saturated heterocycles. The second-order valence-electron chi connectivity index (χ2n) is 6.63. The molecule has 0 saturated carbocycles. The van der Waals surface area contributed by atoms with Gasteiger partial charge < -0.3 is 15.4 Å². The summed E-state index contributed by atoms with van der Waals surface area (Å²) in [4.78, 5) is 4.61. The van der Waals surface area contributed by atoms with Crippen LogP contribution in [0, 0.1) is 6.92 Å². The maximum absolute atomic E-state index is 11.2. The Kier molecular flexibility index (Phi) is 8.32. The van der Waals surface area contributed by atoms with Crippen molar-refractivity contribution in [1.29, 1.82) is 0 Å². The van der Waals surface area contributed by atoms with E-state index in [1.807, 2.05) is 62.4 Å². The molecule has 0 atom stereocenters. The molecule has 0 spiro atoms. The first kappa shape index (κ1) is 21.8. The topological polar surface area (TPSA) is 79.8 Å². The number of aryl methyl sites for hydroxylation is 1. The minimum Gasteiger partial charge on any atom is -0.457 e. The second-order valence-corrected chi connectivity index (χ2v) is 8.89. The van der Waals surface area contributed by atoms with Crippen molar-refractivity contribution in [1.82, 2.24) is 10.6 Å². The molecular weight excluding hydrogens is 374 g/mol. The van der Waals surface area contributed by atoms with E-state index in [9.17, 15) is 8.42 Å². The molecule has 7 heteroatoms. The van der Waals surface area contributed by atoms with Crippen molar-refractivity contribution in [3.05, 3.63) is 59.7 Å². The van der Waals surface area contributed by atoms with Crippen LogP contribution in [0.25, 0.3) is 0 Å². The monoisotopic (exact) mass is 403 g/mol. The van der Waals surface area contributed by atoms with E-state index in [1.54, 1.807) is 0 Å². The first-order chi connectivity index (χ1) is 13.4. The Morgan fingerprint density at radius 3 is 2.54 bits per heavy atom. The summed E-state index contributed by atoms with van der Waals surface area (Å²) >= 11 is 0. The lowest BCUT2D eigenvalue weighted by molar-refractivity contribution is 0.476. The van der Waals surface area contributed by atoms with Gasteiger partial charge in [0.15, 0.2) is 5.96 Å². The van der Waals surface area contributed by atoms with Gasteiger partial charge in [-0.25, -0.2) is 13.4 Å². The van der Waals surface area contributed by atoms with Crippen LogP contribution in [0.3, 0.4) is 0 Å². The van der Waals surface area contributed by atoms with Gasteiger partial charge in [-0.1, -0.05) is 30.3 Å². The van der Waals surface area contributed by atoms with Gasteiger partial charge in [-0.15, -0.1) is 0 Å². The van der Waals surface area contributed by atoms with Gasteiger partial charge in [0.05, 0.1) is 12.3 Å². The van der Waals surface area contributed by atoms with E-state index in [0.717, 1.165) is 29.2 Å². The zero-order valence-corrected chi connectivity index (χ0v) is 17.6. The molecule has 0 bridgehead atoms. The van der Waals surface area contributed by atoms with Crippen LogP contribution >= 0.6 is 0 Å². The molecule has 2 aromatic carbocycles. The Morgan fingerprint density at radius 2 is 1.86 bits per heavy atom. The van der Waals surface area contributed by atoms with E-state index >= 15 is 0 Å². The lowest BCUT2D eigenvalue weighted by Crippen LogP contribution is -2.38. The Balaban J connectivity index is 2.06. The van der Waals surface area contributed by atoms with E-state index < -0.39 is 9.84 Å². The molecule has 0 unspecified atom stereocenters. The average Bonchev–Trinajstić information content (AvgIpc) is 2.64. The largest absolute Gasteiger partial charge is 0.457 e. The Hall–Kier alpha value is -2.54. The van der Waals surface area contributed by atoms with Gasteiger partial charge in [-0.3, -0.25) is 0 Å². The highest BCUT2D eigenvalue weighted by molar-refractivity contribution is 7.90. The summed E-state index contributed by atoms with van der Waals surface area (Å²) in [6.07, 6.45) is 1.79. The molecule has 0 aliphatic carbocycles. The standard InChI is InChI=1S/C21H29N3O3S/c1-4-22-21(23-13-8-14-28(3,25)26)24-16-18-12-11-17(2)15-20(18)27-19-9-6-5-7-10-19/h5-7,9-12,15H,4,8,13-14,16H2,1-3H3,(H2,22,23,24). The molecule has 2 rings (SSSR count). The van der Waals surface area contributed by atoms with Crippen LogP contribution in [0.4, 0.5) is 0 Å². The third kappa shape index (κ3) is 8.00. The van der Waals surface area contributed by atoms with Crippen molar-refractivity contribution in [3.63, 3.8) is 0 Å². The predicted octanol–water partition coefficient (Wildman–Crippen LogP) is 3.28. The quantitative estimate of drug-likeness (QED) is 0.382. The molecule has 0 aliphatic heterocycles. The first-order valence-electron chi connectivity index (χ1n) is 9.39. The number of nitrogens with one attached hydrogen (secondary N) is 2. The fourth-order valence-corrected chi connectivity index (χ4v) is 3.22. The summed E-state index contributed by atoms with van der Waals surface area (Å²) in [6.45, 7) is 5.73. The fourth-order valence-electron chi connectivity index (χ4n) is 2.55. The summed E-state index contributed by atoms with van der Waals surface area (Å²) in [6, 6.07) is 15.7. The number of hydrogen-bond acceptors (Lipinski definition) is 4. The number of guanidine groups is 1. The third-order valence-corrected chi connectivity index (χ3v) is 4.96. The van der Waals surface area contributed by atoms with Crippen molar-refractivity contribution >= 4 is 15.8 Å². The molecule has 0 amide bonds. The molecule has 6 nitrogen and oxygen atoms in total. The van der Waals surface area contributed by atoms with E-state index in [-0.39, 0.29) is 5.75 Å². The van der Waals surface area contributed by atoms with Gasteiger partial charge in [0.25, 0.3) is 0 Å². The molecule has 2 N–H and O–H groups in total. The Morgan fingerprint density at radius 1 is 1.11 bits per heavy atom. The fraction of sp³-hybridized carbons (Fsp3) is 0.381. The van der Waals surface area contributed by atoms with Gasteiger partial charge in [-0.05, 0) is 44.0 Å².